The van der Waals surface area contributed by atoms with Gasteiger partial charge < -0.3 is 10.6 Å². The van der Waals surface area contributed by atoms with Crippen molar-refractivity contribution in [1.82, 2.24) is 14.6 Å². The molecule has 1 fully saturated rings. The van der Waals surface area contributed by atoms with Crippen LogP contribution in [-0.4, -0.2) is 62.0 Å². The second-order valence-corrected chi connectivity index (χ2v) is 12.6. The van der Waals surface area contributed by atoms with Gasteiger partial charge in [0, 0.05) is 37.2 Å². The van der Waals surface area contributed by atoms with Gasteiger partial charge in [-0.05, 0) is 67.1 Å². The Hall–Kier alpha value is -4.39. The molecule has 1 amide bonds. The summed E-state index contributed by atoms with van der Waals surface area (Å²) < 4.78 is 71.0. The summed E-state index contributed by atoms with van der Waals surface area (Å²) in [6.07, 6.45) is 2.72. The SMILES string of the molecule is C=NC(C(=O)Nc1cncc(F)c1CCC1CNCCN1S(=O)(=O)c1ccccc1)C(c1ccc(F)cc1)c1ccc(F)cc1. The molecule has 1 aromatic heterocycles. The monoisotopic (exact) mass is 635 g/mol. The van der Waals surface area contributed by atoms with Crippen molar-refractivity contribution >= 4 is 28.3 Å². The Morgan fingerprint density at radius 1 is 0.978 bits per heavy atom. The predicted octanol–water partition coefficient (Wildman–Crippen LogP) is 4.93. The van der Waals surface area contributed by atoms with Crippen LogP contribution in [0.5, 0.6) is 0 Å². The smallest absolute Gasteiger partial charge is 0.250 e. The van der Waals surface area contributed by atoms with Gasteiger partial charge in [0.15, 0.2) is 0 Å². The van der Waals surface area contributed by atoms with Crippen molar-refractivity contribution in [3.63, 3.8) is 0 Å². The first-order chi connectivity index (χ1) is 21.7. The number of aliphatic imine (C=N–C) groups is 1. The zero-order chi connectivity index (χ0) is 32.0. The molecule has 0 radical (unpaired) electrons. The number of sulfonamides is 1. The van der Waals surface area contributed by atoms with E-state index in [-0.39, 0.29) is 35.5 Å². The van der Waals surface area contributed by atoms with Crippen LogP contribution in [0, 0.1) is 17.5 Å². The van der Waals surface area contributed by atoms with Crippen LogP contribution in [0.4, 0.5) is 18.9 Å². The van der Waals surface area contributed by atoms with Crippen LogP contribution in [-0.2, 0) is 21.2 Å². The minimum Gasteiger partial charge on any atom is -0.323 e. The van der Waals surface area contributed by atoms with E-state index in [0.29, 0.717) is 24.2 Å². The van der Waals surface area contributed by atoms with E-state index in [1.165, 1.54) is 59.0 Å². The van der Waals surface area contributed by atoms with Crippen molar-refractivity contribution in [3.8, 4) is 0 Å². The molecule has 2 N–H and O–H groups in total. The van der Waals surface area contributed by atoms with Crippen LogP contribution in [0.1, 0.15) is 29.0 Å². The van der Waals surface area contributed by atoms with Gasteiger partial charge in [0.1, 0.15) is 23.5 Å². The van der Waals surface area contributed by atoms with Crippen LogP contribution < -0.4 is 10.6 Å². The molecule has 2 atom stereocenters. The van der Waals surface area contributed by atoms with Crippen LogP contribution in [0.15, 0.2) is 101 Å². The van der Waals surface area contributed by atoms with Crippen LogP contribution in [0.2, 0.25) is 0 Å². The number of benzene rings is 3. The highest BCUT2D eigenvalue weighted by atomic mass is 32.2. The van der Waals surface area contributed by atoms with E-state index >= 15 is 4.39 Å². The topological polar surface area (TPSA) is 104 Å². The number of piperazine rings is 1. The molecule has 12 heteroatoms. The Labute approximate surface area is 260 Å². The van der Waals surface area contributed by atoms with E-state index in [9.17, 15) is 22.0 Å². The molecular weight excluding hydrogens is 603 g/mol. The van der Waals surface area contributed by atoms with Gasteiger partial charge in [0.25, 0.3) is 0 Å². The summed E-state index contributed by atoms with van der Waals surface area (Å²) in [5, 5.41) is 5.94. The normalized spacial score (nSPS) is 16.3. The number of halogens is 3. The molecule has 4 aromatic rings. The number of hydrogen-bond donors (Lipinski definition) is 2. The number of amides is 1. The Bertz CT molecular complexity index is 1690. The molecule has 5 rings (SSSR count). The van der Waals surface area contributed by atoms with Gasteiger partial charge >= 0.3 is 0 Å². The maximum Gasteiger partial charge on any atom is 0.250 e. The number of nitrogens with one attached hydrogen (secondary N) is 2. The number of hydrogen-bond acceptors (Lipinski definition) is 6. The number of aromatic nitrogens is 1. The molecule has 1 saturated heterocycles. The third-order valence-electron chi connectivity index (χ3n) is 7.88. The molecule has 2 unspecified atom stereocenters. The highest BCUT2D eigenvalue weighted by Gasteiger charge is 2.34. The average molecular weight is 636 g/mol. The number of rotatable bonds is 11. The summed E-state index contributed by atoms with van der Waals surface area (Å²) in [4.78, 5) is 21.9. The molecule has 234 valence electrons. The Kier molecular flexibility index (Phi) is 10.1. The minimum atomic E-state index is -3.79. The first-order valence-electron chi connectivity index (χ1n) is 14.4. The Morgan fingerprint density at radius 3 is 2.20 bits per heavy atom. The Morgan fingerprint density at radius 2 is 1.60 bits per heavy atom. The van der Waals surface area contributed by atoms with Crippen LogP contribution in [0.25, 0.3) is 0 Å². The highest BCUT2D eigenvalue weighted by Crippen LogP contribution is 2.32. The molecule has 1 aliphatic heterocycles. The van der Waals surface area contributed by atoms with E-state index in [1.54, 1.807) is 30.3 Å². The number of pyridine rings is 1. The molecular formula is C33H32F3N5O3S. The van der Waals surface area contributed by atoms with E-state index < -0.39 is 51.4 Å². The lowest BCUT2D eigenvalue weighted by molar-refractivity contribution is -0.117. The number of carbonyl (C=O) groups is 1. The number of carbonyl (C=O) groups excluding carboxylic acids is 1. The molecule has 45 heavy (non-hydrogen) atoms. The fourth-order valence-electron chi connectivity index (χ4n) is 5.61. The molecule has 3 aromatic carbocycles. The molecule has 1 aliphatic rings. The molecule has 0 spiro atoms. The van der Waals surface area contributed by atoms with Crippen molar-refractivity contribution in [2.45, 2.75) is 35.7 Å². The molecule has 0 aliphatic carbocycles. The molecule has 8 nitrogen and oxygen atoms in total. The third kappa shape index (κ3) is 7.30. The fraction of sp³-hybridized carbons (Fsp3) is 0.242. The summed E-state index contributed by atoms with van der Waals surface area (Å²) in [6.45, 7) is 4.72. The van der Waals surface area contributed by atoms with Crippen molar-refractivity contribution in [3.05, 3.63) is 125 Å². The zero-order valence-electron chi connectivity index (χ0n) is 24.2. The zero-order valence-corrected chi connectivity index (χ0v) is 25.1. The van der Waals surface area contributed by atoms with E-state index in [2.05, 4.69) is 27.3 Å². The van der Waals surface area contributed by atoms with E-state index in [4.69, 9.17) is 0 Å². The molecule has 0 bridgehead atoms. The first-order valence-corrected chi connectivity index (χ1v) is 15.8. The average Bonchev–Trinajstić information content (AvgIpc) is 3.05. The lowest BCUT2D eigenvalue weighted by Crippen LogP contribution is -2.53. The summed E-state index contributed by atoms with van der Waals surface area (Å²) in [6, 6.07) is 17.6. The van der Waals surface area contributed by atoms with Gasteiger partial charge in [-0.15, -0.1) is 0 Å². The van der Waals surface area contributed by atoms with Crippen LogP contribution >= 0.6 is 0 Å². The number of nitrogens with zero attached hydrogens (tertiary/aromatic N) is 3. The molecule has 2 heterocycles. The maximum atomic E-state index is 15.2. The van der Waals surface area contributed by atoms with Gasteiger partial charge in [-0.1, -0.05) is 42.5 Å². The van der Waals surface area contributed by atoms with Gasteiger partial charge in [0.05, 0.1) is 23.0 Å². The van der Waals surface area contributed by atoms with Crippen molar-refractivity contribution in [1.29, 1.82) is 0 Å². The summed E-state index contributed by atoms with van der Waals surface area (Å²) in [7, 11) is -3.79. The Balaban J connectivity index is 1.39. The summed E-state index contributed by atoms with van der Waals surface area (Å²) in [5.74, 6) is -3.00. The van der Waals surface area contributed by atoms with Crippen molar-refractivity contribution in [2.24, 2.45) is 4.99 Å². The second-order valence-electron chi connectivity index (χ2n) is 10.7. The summed E-state index contributed by atoms with van der Waals surface area (Å²) in [5.41, 5.74) is 1.34. The van der Waals surface area contributed by atoms with Gasteiger partial charge in [0.2, 0.25) is 15.9 Å². The van der Waals surface area contributed by atoms with Crippen LogP contribution in [0.3, 0.4) is 0 Å². The van der Waals surface area contributed by atoms with Crippen molar-refractivity contribution in [2.75, 3.05) is 25.0 Å². The highest BCUT2D eigenvalue weighted by molar-refractivity contribution is 7.89. The van der Waals surface area contributed by atoms with E-state index in [1.807, 2.05) is 0 Å². The summed E-state index contributed by atoms with van der Waals surface area (Å²) >= 11 is 0. The van der Waals surface area contributed by atoms with E-state index in [0.717, 1.165) is 6.20 Å². The largest absolute Gasteiger partial charge is 0.323 e. The van der Waals surface area contributed by atoms with Gasteiger partial charge in [-0.3, -0.25) is 14.8 Å². The fourth-order valence-corrected chi connectivity index (χ4v) is 7.29. The lowest BCUT2D eigenvalue weighted by atomic mass is 9.84. The number of anilines is 1. The third-order valence-corrected chi connectivity index (χ3v) is 9.84. The molecule has 0 saturated carbocycles. The second kappa shape index (κ2) is 14.1. The first kappa shape index (κ1) is 32.0. The van der Waals surface area contributed by atoms with Crippen molar-refractivity contribution < 1.29 is 26.4 Å². The maximum absolute atomic E-state index is 15.2. The minimum absolute atomic E-state index is 0.0999. The lowest BCUT2D eigenvalue weighted by Gasteiger charge is -2.35. The quantitative estimate of drug-likeness (QED) is 0.228. The standard InChI is InChI=1S/C33H32F3N5O3S/c1-37-32(31(22-7-11-24(34)12-8-22)23-9-13-25(35)14-10-23)33(42)40-30-21-39-20-29(36)28(30)16-15-26-19-38-17-18-41(26)45(43,44)27-5-3-2-4-6-27/h2-14,20-21,26,31-32,38H,1,15-19H2,(H,40,42). The van der Waals surface area contributed by atoms with Gasteiger partial charge in [-0.25, -0.2) is 21.6 Å². The predicted molar refractivity (Wildman–Crippen MR) is 166 cm³/mol. The van der Waals surface area contributed by atoms with Gasteiger partial charge in [-0.2, -0.15) is 4.31 Å².